The summed E-state index contributed by atoms with van der Waals surface area (Å²) in [7, 11) is 0. The molecule has 2 heterocycles. The number of rotatable bonds is 1. The molecule has 6 rings (SSSR count). The average Bonchev–Trinajstić information content (AvgIpc) is 3.29. The van der Waals surface area contributed by atoms with Gasteiger partial charge in [-0.1, -0.05) is 54.6 Å². The smallest absolute Gasteiger partial charge is 0.101 e. The van der Waals surface area contributed by atoms with Gasteiger partial charge in [0.15, 0.2) is 0 Å². The van der Waals surface area contributed by atoms with Crippen molar-refractivity contribution in [2.24, 2.45) is 0 Å². The predicted octanol–water partition coefficient (Wildman–Crippen LogP) is 6.29. The Bertz CT molecular complexity index is 1570. The van der Waals surface area contributed by atoms with Crippen molar-refractivity contribution in [1.82, 2.24) is 9.55 Å². The Morgan fingerprint density at radius 2 is 1.43 bits per heavy atom. The van der Waals surface area contributed by atoms with Crippen LogP contribution in [0.1, 0.15) is 5.56 Å². The van der Waals surface area contributed by atoms with Crippen molar-refractivity contribution >= 4 is 43.6 Å². The molecule has 0 aliphatic rings. The van der Waals surface area contributed by atoms with Gasteiger partial charge in [-0.3, -0.25) is 0 Å². The van der Waals surface area contributed by atoms with Gasteiger partial charge in [-0.15, -0.1) is 0 Å². The monoisotopic (exact) mass is 357 g/mol. The van der Waals surface area contributed by atoms with E-state index in [1.165, 1.54) is 21.5 Å². The van der Waals surface area contributed by atoms with Gasteiger partial charge in [-0.05, 0) is 30.3 Å². The Morgan fingerprint density at radius 3 is 2.32 bits per heavy atom. The highest BCUT2D eigenvalue weighted by Gasteiger charge is 2.17. The van der Waals surface area contributed by atoms with Crippen LogP contribution in [0.5, 0.6) is 0 Å². The van der Waals surface area contributed by atoms with Crippen LogP contribution >= 0.6 is 0 Å². The molecule has 2 aromatic heterocycles. The number of nitrogens with one attached hydrogen (secondary N) is 1. The van der Waals surface area contributed by atoms with Gasteiger partial charge in [0.2, 0.25) is 0 Å². The predicted molar refractivity (Wildman–Crippen MR) is 115 cm³/mol. The van der Waals surface area contributed by atoms with Gasteiger partial charge in [-0.25, -0.2) is 0 Å². The average molecular weight is 357 g/mol. The van der Waals surface area contributed by atoms with Crippen molar-refractivity contribution in [3.05, 3.63) is 90.5 Å². The van der Waals surface area contributed by atoms with Crippen LogP contribution < -0.4 is 0 Å². The van der Waals surface area contributed by atoms with Gasteiger partial charge in [0.05, 0.1) is 27.8 Å². The lowest BCUT2D eigenvalue weighted by Crippen LogP contribution is -1.96. The highest BCUT2D eigenvalue weighted by atomic mass is 15.0. The molecule has 0 fully saturated rings. The van der Waals surface area contributed by atoms with Crippen LogP contribution in [0.25, 0.3) is 49.3 Å². The van der Waals surface area contributed by atoms with E-state index in [9.17, 15) is 5.26 Å². The Kier molecular flexibility index (Phi) is 2.95. The summed E-state index contributed by atoms with van der Waals surface area (Å²) < 4.78 is 2.20. The van der Waals surface area contributed by atoms with Gasteiger partial charge >= 0.3 is 0 Å². The summed E-state index contributed by atoms with van der Waals surface area (Å²) >= 11 is 0. The summed E-state index contributed by atoms with van der Waals surface area (Å²) in [6.45, 7) is 0. The van der Waals surface area contributed by atoms with Crippen molar-refractivity contribution in [1.29, 1.82) is 5.26 Å². The minimum absolute atomic E-state index is 0.668. The van der Waals surface area contributed by atoms with Crippen molar-refractivity contribution in [2.75, 3.05) is 0 Å². The molecule has 0 atom stereocenters. The lowest BCUT2D eigenvalue weighted by atomic mass is 10.1. The molecule has 0 aliphatic carbocycles. The number of benzene rings is 4. The Balaban J connectivity index is 1.88. The fourth-order valence-corrected chi connectivity index (χ4v) is 4.40. The molecule has 3 nitrogen and oxygen atoms in total. The summed E-state index contributed by atoms with van der Waals surface area (Å²) in [4.78, 5) is 3.63. The molecule has 0 amide bonds. The topological polar surface area (TPSA) is 44.5 Å². The first kappa shape index (κ1) is 15.1. The van der Waals surface area contributed by atoms with Crippen LogP contribution in [0.2, 0.25) is 0 Å². The van der Waals surface area contributed by atoms with Crippen molar-refractivity contribution in [2.45, 2.75) is 0 Å². The maximum atomic E-state index is 9.66. The first-order valence-corrected chi connectivity index (χ1v) is 9.29. The van der Waals surface area contributed by atoms with Crippen LogP contribution in [0.15, 0.2) is 84.9 Å². The lowest BCUT2D eigenvalue weighted by Gasteiger charge is -2.09. The first-order chi connectivity index (χ1) is 13.9. The van der Waals surface area contributed by atoms with E-state index in [0.29, 0.717) is 5.56 Å². The normalized spacial score (nSPS) is 11.5. The van der Waals surface area contributed by atoms with Gasteiger partial charge in [0.25, 0.3) is 0 Å². The van der Waals surface area contributed by atoms with Crippen LogP contribution in [0.3, 0.4) is 0 Å². The third-order valence-corrected chi connectivity index (χ3v) is 5.58. The van der Waals surface area contributed by atoms with Crippen molar-refractivity contribution < 1.29 is 0 Å². The minimum Gasteiger partial charge on any atom is -0.354 e. The van der Waals surface area contributed by atoms with Crippen LogP contribution in [0, 0.1) is 11.3 Å². The number of fused-ring (bicyclic) bond motifs is 7. The molecule has 4 aromatic carbocycles. The van der Waals surface area contributed by atoms with E-state index in [2.05, 4.69) is 76.3 Å². The molecule has 0 saturated heterocycles. The standard InChI is InChI=1S/C25H15N3/c26-15-16-7-1-5-11-21(16)28-22-12-6-3-9-19(22)24-23(28)14-13-18-17-8-2-4-10-20(17)27-25(18)24/h1-14,27H. The Labute approximate surface area is 161 Å². The number of para-hydroxylation sites is 3. The molecule has 0 aliphatic heterocycles. The molecule has 0 unspecified atom stereocenters. The molecular formula is C25H15N3. The second-order valence-corrected chi connectivity index (χ2v) is 7.03. The molecule has 0 saturated carbocycles. The lowest BCUT2D eigenvalue weighted by molar-refractivity contribution is 1.17. The molecule has 0 bridgehead atoms. The number of H-pyrrole nitrogens is 1. The Hall–Kier alpha value is -4.03. The zero-order chi connectivity index (χ0) is 18.7. The third kappa shape index (κ3) is 1.87. The molecular weight excluding hydrogens is 342 g/mol. The van der Waals surface area contributed by atoms with Gasteiger partial charge in [-0.2, -0.15) is 5.26 Å². The molecule has 0 spiro atoms. The zero-order valence-corrected chi connectivity index (χ0v) is 15.0. The van der Waals surface area contributed by atoms with E-state index >= 15 is 0 Å². The number of nitrogens with zero attached hydrogens (tertiary/aromatic N) is 2. The third-order valence-electron chi connectivity index (χ3n) is 5.58. The molecule has 1 N–H and O–H groups in total. The van der Waals surface area contributed by atoms with E-state index < -0.39 is 0 Å². The summed E-state index contributed by atoms with van der Waals surface area (Å²) in [5, 5.41) is 14.5. The van der Waals surface area contributed by atoms with E-state index in [0.717, 1.165) is 27.8 Å². The number of aromatic amines is 1. The number of hydrogen-bond donors (Lipinski definition) is 1. The van der Waals surface area contributed by atoms with Gasteiger partial charge in [0, 0.05) is 27.1 Å². The fraction of sp³-hybridized carbons (Fsp3) is 0. The Morgan fingerprint density at radius 1 is 0.679 bits per heavy atom. The second-order valence-electron chi connectivity index (χ2n) is 7.03. The van der Waals surface area contributed by atoms with Gasteiger partial charge in [0.1, 0.15) is 6.07 Å². The van der Waals surface area contributed by atoms with Crippen molar-refractivity contribution in [3.63, 3.8) is 0 Å². The molecule has 130 valence electrons. The molecule has 0 radical (unpaired) electrons. The number of nitriles is 1. The highest BCUT2D eigenvalue weighted by Crippen LogP contribution is 2.39. The van der Waals surface area contributed by atoms with Crippen LogP contribution in [-0.2, 0) is 0 Å². The highest BCUT2D eigenvalue weighted by molar-refractivity contribution is 6.25. The van der Waals surface area contributed by atoms with E-state index in [-0.39, 0.29) is 0 Å². The van der Waals surface area contributed by atoms with Crippen molar-refractivity contribution in [3.8, 4) is 11.8 Å². The SMILES string of the molecule is N#Cc1ccccc1-n1c2ccccc2c2c3[nH]c4ccccc4c3ccc21. The quantitative estimate of drug-likeness (QED) is 0.369. The summed E-state index contributed by atoms with van der Waals surface area (Å²) in [6, 6.07) is 31.3. The summed E-state index contributed by atoms with van der Waals surface area (Å²) in [5.74, 6) is 0. The van der Waals surface area contributed by atoms with E-state index in [1.54, 1.807) is 0 Å². The summed E-state index contributed by atoms with van der Waals surface area (Å²) in [5.41, 5.74) is 6.06. The fourth-order valence-electron chi connectivity index (χ4n) is 4.40. The molecule has 28 heavy (non-hydrogen) atoms. The largest absolute Gasteiger partial charge is 0.354 e. The second kappa shape index (κ2) is 5.48. The van der Waals surface area contributed by atoms with E-state index in [1.807, 2.05) is 24.3 Å². The van der Waals surface area contributed by atoms with Crippen LogP contribution in [-0.4, -0.2) is 9.55 Å². The van der Waals surface area contributed by atoms with E-state index in [4.69, 9.17) is 0 Å². The van der Waals surface area contributed by atoms with Gasteiger partial charge < -0.3 is 9.55 Å². The minimum atomic E-state index is 0.668. The summed E-state index contributed by atoms with van der Waals surface area (Å²) in [6.07, 6.45) is 0. The van der Waals surface area contributed by atoms with Crippen LogP contribution in [0.4, 0.5) is 0 Å². The first-order valence-electron chi connectivity index (χ1n) is 9.29. The number of aromatic nitrogens is 2. The molecule has 6 aromatic rings. The molecule has 3 heteroatoms. The maximum absolute atomic E-state index is 9.66. The maximum Gasteiger partial charge on any atom is 0.101 e. The zero-order valence-electron chi connectivity index (χ0n) is 15.0. The number of hydrogen-bond acceptors (Lipinski definition) is 1.